The van der Waals surface area contributed by atoms with Gasteiger partial charge in [-0.2, -0.15) is 0 Å². The summed E-state index contributed by atoms with van der Waals surface area (Å²) in [6.45, 7) is 0. The van der Waals surface area contributed by atoms with Crippen LogP contribution in [-0.2, 0) is 4.57 Å². The molecule has 4 heterocycles. The fraction of sp³-hybridized carbons (Fsp3) is 0. The number of aromatic nitrogens is 3. The largest absolute Gasteiger partial charge is 0.309 e. The van der Waals surface area contributed by atoms with Gasteiger partial charge in [-0.3, -0.25) is 9.38 Å². The Kier molecular flexibility index (Phi) is 3.63. The Hall–Kier alpha value is -4.27. The molecule has 1 aliphatic heterocycles. The molecular weight excluding hydrogens is 449 g/mol. The van der Waals surface area contributed by atoms with E-state index in [2.05, 4.69) is 39.7 Å². The molecule has 4 nitrogen and oxygen atoms in total. The molecule has 164 valence electrons. The van der Waals surface area contributed by atoms with E-state index in [0.717, 1.165) is 65.4 Å². The monoisotopic (exact) mass is 467 g/mol. The molecule has 0 saturated heterocycles. The molecule has 4 aromatic carbocycles. The maximum absolute atomic E-state index is 15.0. The summed E-state index contributed by atoms with van der Waals surface area (Å²) in [4.78, 5) is 9.38. The van der Waals surface area contributed by atoms with Crippen LogP contribution in [0.4, 0.5) is 0 Å². The third-order valence-corrected chi connectivity index (χ3v) is 10.4. The molecule has 0 bridgehead atoms. The molecule has 0 aliphatic carbocycles. The molecule has 0 fully saturated rings. The van der Waals surface area contributed by atoms with Crippen LogP contribution >= 0.6 is 7.14 Å². The van der Waals surface area contributed by atoms with E-state index >= 15 is 4.57 Å². The second-order valence-corrected chi connectivity index (χ2v) is 11.7. The van der Waals surface area contributed by atoms with E-state index in [-0.39, 0.29) is 0 Å². The summed E-state index contributed by atoms with van der Waals surface area (Å²) in [7, 11) is -3.02. The Labute approximate surface area is 200 Å². The van der Waals surface area contributed by atoms with Gasteiger partial charge in [0.1, 0.15) is 5.65 Å². The highest BCUT2D eigenvalue weighted by atomic mass is 31.2. The minimum atomic E-state index is -3.02. The van der Waals surface area contributed by atoms with Crippen LogP contribution in [0.3, 0.4) is 0 Å². The van der Waals surface area contributed by atoms with Crippen molar-refractivity contribution in [1.29, 1.82) is 0 Å². The van der Waals surface area contributed by atoms with Crippen molar-refractivity contribution in [2.75, 3.05) is 0 Å². The molecule has 8 rings (SSSR count). The van der Waals surface area contributed by atoms with E-state index in [9.17, 15) is 0 Å². The number of hydrogen-bond acceptors (Lipinski definition) is 3. The van der Waals surface area contributed by atoms with Crippen LogP contribution in [0, 0.1) is 0 Å². The molecule has 35 heavy (non-hydrogen) atoms. The molecule has 0 spiro atoms. The van der Waals surface area contributed by atoms with Crippen LogP contribution in [-0.4, -0.2) is 14.4 Å². The van der Waals surface area contributed by atoms with E-state index in [1.54, 1.807) is 0 Å². The summed E-state index contributed by atoms with van der Waals surface area (Å²) in [6, 6.07) is 32.7. The minimum Gasteiger partial charge on any atom is -0.309 e. The van der Waals surface area contributed by atoms with Crippen LogP contribution in [0.1, 0.15) is 0 Å². The molecule has 3 aromatic heterocycles. The zero-order chi connectivity index (χ0) is 23.1. The summed E-state index contributed by atoms with van der Waals surface area (Å²) in [6.07, 6.45) is 3.70. The lowest BCUT2D eigenvalue weighted by molar-refractivity contribution is 0.593. The highest BCUT2D eigenvalue weighted by Crippen LogP contribution is 2.52. The Morgan fingerprint density at radius 2 is 1.37 bits per heavy atom. The van der Waals surface area contributed by atoms with Gasteiger partial charge in [0.15, 0.2) is 7.14 Å². The average Bonchev–Trinajstić information content (AvgIpc) is 3.44. The Balaban J connectivity index is 1.53. The predicted molar refractivity (Wildman–Crippen MR) is 144 cm³/mol. The number of hydrogen-bond donors (Lipinski definition) is 0. The van der Waals surface area contributed by atoms with Gasteiger partial charge in [-0.05, 0) is 47.5 Å². The van der Waals surface area contributed by atoms with Crippen molar-refractivity contribution < 1.29 is 4.57 Å². The van der Waals surface area contributed by atoms with Crippen LogP contribution < -0.4 is 15.9 Å². The van der Waals surface area contributed by atoms with Gasteiger partial charge in [-0.25, -0.2) is 4.98 Å². The maximum atomic E-state index is 15.0. The van der Waals surface area contributed by atoms with Crippen LogP contribution in [0.2, 0.25) is 0 Å². The molecule has 0 radical (unpaired) electrons. The van der Waals surface area contributed by atoms with Gasteiger partial charge in [-0.1, -0.05) is 60.7 Å². The molecule has 0 N–H and O–H groups in total. The van der Waals surface area contributed by atoms with Gasteiger partial charge in [-0.15, -0.1) is 0 Å². The van der Waals surface area contributed by atoms with Crippen molar-refractivity contribution in [2.24, 2.45) is 0 Å². The van der Waals surface area contributed by atoms with Crippen molar-refractivity contribution >= 4 is 61.4 Å². The Morgan fingerprint density at radius 1 is 0.657 bits per heavy atom. The molecule has 1 aliphatic rings. The second-order valence-electron chi connectivity index (χ2n) is 9.03. The van der Waals surface area contributed by atoms with E-state index in [1.807, 2.05) is 79.1 Å². The molecule has 0 saturated carbocycles. The zero-order valence-corrected chi connectivity index (χ0v) is 19.5. The fourth-order valence-electron chi connectivity index (χ4n) is 5.75. The maximum Gasteiger partial charge on any atom is 0.172 e. The first-order valence-electron chi connectivity index (χ1n) is 11.6. The molecule has 7 aromatic rings. The number of pyridine rings is 2. The number of fused-ring (bicyclic) bond motifs is 11. The zero-order valence-electron chi connectivity index (χ0n) is 18.6. The first-order valence-corrected chi connectivity index (χ1v) is 13.3. The van der Waals surface area contributed by atoms with E-state index < -0.39 is 7.14 Å². The van der Waals surface area contributed by atoms with Crippen molar-refractivity contribution in [3.63, 3.8) is 0 Å². The van der Waals surface area contributed by atoms with Gasteiger partial charge < -0.3 is 4.57 Å². The molecule has 0 atom stereocenters. The number of benzene rings is 4. The predicted octanol–water partition coefficient (Wildman–Crippen LogP) is 5.81. The van der Waals surface area contributed by atoms with Crippen LogP contribution in [0.5, 0.6) is 0 Å². The van der Waals surface area contributed by atoms with E-state index in [1.165, 1.54) is 0 Å². The van der Waals surface area contributed by atoms with Gasteiger partial charge >= 0.3 is 0 Å². The standard InChI is InChI=1S/C30H18N3OP/c34-35(28-11-5-1-7-20(28)21-8-2-6-12-29(21)35)19-13-14-26-23(17-19)24-18-31-16-15-22(24)30-32-25-9-3-4-10-27(25)33(26)30/h1-18H. The highest BCUT2D eigenvalue weighted by Gasteiger charge is 2.39. The van der Waals surface area contributed by atoms with Gasteiger partial charge in [0.2, 0.25) is 0 Å². The van der Waals surface area contributed by atoms with Gasteiger partial charge in [0.05, 0.1) is 16.6 Å². The number of para-hydroxylation sites is 2. The number of nitrogens with zero attached hydrogens (tertiary/aromatic N) is 3. The lowest BCUT2D eigenvalue weighted by Gasteiger charge is -2.17. The van der Waals surface area contributed by atoms with E-state index in [0.29, 0.717) is 0 Å². The topological polar surface area (TPSA) is 47.3 Å². The van der Waals surface area contributed by atoms with E-state index in [4.69, 9.17) is 4.98 Å². The summed E-state index contributed by atoms with van der Waals surface area (Å²) in [5.41, 5.74) is 6.08. The second kappa shape index (κ2) is 6.65. The van der Waals surface area contributed by atoms with Gasteiger partial charge in [0, 0.05) is 44.5 Å². The van der Waals surface area contributed by atoms with Crippen LogP contribution in [0.25, 0.3) is 49.5 Å². The summed E-state index contributed by atoms with van der Waals surface area (Å²) < 4.78 is 17.2. The fourth-order valence-corrected chi connectivity index (χ4v) is 8.82. The lowest BCUT2D eigenvalue weighted by atomic mass is 10.1. The molecular formula is C30H18N3OP. The first kappa shape index (κ1) is 19.1. The average molecular weight is 467 g/mol. The smallest absolute Gasteiger partial charge is 0.172 e. The summed E-state index contributed by atoms with van der Waals surface area (Å²) in [5, 5.41) is 5.75. The van der Waals surface area contributed by atoms with Gasteiger partial charge in [0.25, 0.3) is 0 Å². The van der Waals surface area contributed by atoms with Crippen LogP contribution in [0.15, 0.2) is 109 Å². The number of imidazole rings is 1. The summed E-state index contributed by atoms with van der Waals surface area (Å²) in [5.74, 6) is 0. The highest BCUT2D eigenvalue weighted by molar-refractivity contribution is 7.86. The molecule has 5 heteroatoms. The lowest BCUT2D eigenvalue weighted by Crippen LogP contribution is -2.20. The quantitative estimate of drug-likeness (QED) is 0.226. The number of rotatable bonds is 1. The molecule has 0 unspecified atom stereocenters. The normalized spacial score (nSPS) is 14.1. The van der Waals surface area contributed by atoms with Crippen molar-refractivity contribution in [3.8, 4) is 11.1 Å². The minimum absolute atomic E-state index is 0.844. The Morgan fingerprint density at radius 3 is 2.17 bits per heavy atom. The third kappa shape index (κ3) is 2.35. The summed E-state index contributed by atoms with van der Waals surface area (Å²) >= 11 is 0. The molecule has 0 amide bonds. The first-order chi connectivity index (χ1) is 17.2. The SMILES string of the molecule is O=P1(c2ccc3c(c2)c2cnccc2c2nc4ccccc4n32)c2ccccc2-c2ccccc21. The third-order valence-electron chi connectivity index (χ3n) is 7.27. The van der Waals surface area contributed by atoms with Crippen molar-refractivity contribution in [2.45, 2.75) is 0 Å². The van der Waals surface area contributed by atoms with Crippen molar-refractivity contribution in [3.05, 3.63) is 109 Å². The van der Waals surface area contributed by atoms with Crippen molar-refractivity contribution in [1.82, 2.24) is 14.4 Å². The Bertz CT molecular complexity index is 2010.